The molecule has 142 valence electrons. The molecule has 0 aliphatic carbocycles. The smallest absolute Gasteiger partial charge is 0.258 e. The minimum absolute atomic E-state index is 0.0104. The molecule has 0 bridgehead atoms. The molecule has 2 aliphatic heterocycles. The Bertz CT molecular complexity index is 829. The Morgan fingerprint density at radius 3 is 2.85 bits per heavy atom. The van der Waals surface area contributed by atoms with Crippen molar-refractivity contribution in [1.82, 2.24) is 14.7 Å². The maximum atomic E-state index is 12.6. The molecule has 3 heterocycles. The van der Waals surface area contributed by atoms with Crippen molar-refractivity contribution >= 4 is 17.5 Å². The highest BCUT2D eigenvalue weighted by Crippen LogP contribution is 2.28. The van der Waals surface area contributed by atoms with Gasteiger partial charge in [-0.05, 0) is 17.5 Å². The summed E-state index contributed by atoms with van der Waals surface area (Å²) in [7, 11) is 0. The maximum Gasteiger partial charge on any atom is 0.258 e. The lowest BCUT2D eigenvalue weighted by atomic mass is 9.97. The van der Waals surface area contributed by atoms with E-state index < -0.39 is 6.10 Å². The highest BCUT2D eigenvalue weighted by molar-refractivity contribution is 5.95. The second-order valence-corrected chi connectivity index (χ2v) is 6.61. The Morgan fingerprint density at radius 1 is 1.19 bits per heavy atom. The lowest BCUT2D eigenvalue weighted by Gasteiger charge is -2.26. The summed E-state index contributed by atoms with van der Waals surface area (Å²) >= 11 is 0. The van der Waals surface area contributed by atoms with E-state index >= 15 is 0 Å². The molecule has 4 rings (SSSR count). The van der Waals surface area contributed by atoms with Gasteiger partial charge in [-0.1, -0.05) is 24.3 Å². The van der Waals surface area contributed by atoms with E-state index in [0.29, 0.717) is 38.6 Å². The van der Waals surface area contributed by atoms with Crippen LogP contribution in [-0.4, -0.2) is 59.4 Å². The molecule has 1 fully saturated rings. The van der Waals surface area contributed by atoms with E-state index in [4.69, 9.17) is 9.47 Å². The van der Waals surface area contributed by atoms with E-state index in [1.807, 2.05) is 24.3 Å². The van der Waals surface area contributed by atoms with Gasteiger partial charge in [0.2, 0.25) is 5.91 Å². The van der Waals surface area contributed by atoms with E-state index in [2.05, 4.69) is 10.4 Å². The van der Waals surface area contributed by atoms with Crippen molar-refractivity contribution in [3.05, 3.63) is 47.8 Å². The van der Waals surface area contributed by atoms with E-state index in [9.17, 15) is 9.59 Å². The zero-order valence-electron chi connectivity index (χ0n) is 15.0. The van der Waals surface area contributed by atoms with Gasteiger partial charge in [0.25, 0.3) is 5.91 Å². The van der Waals surface area contributed by atoms with E-state index in [1.165, 1.54) is 4.68 Å². The summed E-state index contributed by atoms with van der Waals surface area (Å²) in [6.07, 6.45) is 3.37. The number of hydrogen-bond acceptors (Lipinski definition) is 5. The van der Waals surface area contributed by atoms with Crippen LogP contribution in [-0.2, 0) is 32.0 Å². The third-order valence-electron chi connectivity index (χ3n) is 4.79. The molecule has 1 aromatic heterocycles. The number of carbonyl (C=O) groups is 2. The Morgan fingerprint density at radius 2 is 2.00 bits per heavy atom. The molecule has 1 N–H and O–H groups in total. The Kier molecular flexibility index (Phi) is 5.17. The number of aromatic nitrogens is 2. The van der Waals surface area contributed by atoms with Gasteiger partial charge in [0.15, 0.2) is 6.10 Å². The summed E-state index contributed by atoms with van der Waals surface area (Å²) in [6.45, 7) is 2.98. The van der Waals surface area contributed by atoms with Gasteiger partial charge in [-0.25, -0.2) is 0 Å². The van der Waals surface area contributed by atoms with Crippen LogP contribution in [0.3, 0.4) is 0 Å². The quantitative estimate of drug-likeness (QED) is 0.868. The molecule has 2 aromatic rings. The Balaban J connectivity index is 1.38. The number of anilines is 1. The van der Waals surface area contributed by atoms with Gasteiger partial charge in [0, 0.05) is 19.3 Å². The number of benzene rings is 1. The summed E-state index contributed by atoms with van der Waals surface area (Å²) in [5.41, 5.74) is 2.58. The second kappa shape index (κ2) is 7.89. The second-order valence-electron chi connectivity index (χ2n) is 6.61. The van der Waals surface area contributed by atoms with Gasteiger partial charge < -0.3 is 19.7 Å². The third-order valence-corrected chi connectivity index (χ3v) is 4.79. The molecule has 8 heteroatoms. The molecular weight excluding hydrogens is 348 g/mol. The first-order valence-corrected chi connectivity index (χ1v) is 9.09. The number of amides is 2. The number of carbonyl (C=O) groups excluding carboxylic acids is 2. The molecule has 0 radical (unpaired) electrons. The molecule has 1 unspecified atom stereocenters. The normalized spacial score (nSPS) is 19.4. The van der Waals surface area contributed by atoms with Gasteiger partial charge in [0.1, 0.15) is 6.54 Å². The maximum absolute atomic E-state index is 12.6. The highest BCUT2D eigenvalue weighted by Gasteiger charge is 2.27. The predicted molar refractivity (Wildman–Crippen MR) is 97.1 cm³/mol. The molecule has 8 nitrogen and oxygen atoms in total. The van der Waals surface area contributed by atoms with Crippen LogP contribution in [0.15, 0.2) is 36.7 Å². The minimum atomic E-state index is -0.631. The van der Waals surface area contributed by atoms with E-state index in [1.54, 1.807) is 17.3 Å². The summed E-state index contributed by atoms with van der Waals surface area (Å²) in [5, 5.41) is 7.01. The number of nitrogens with one attached hydrogen (secondary N) is 1. The highest BCUT2D eigenvalue weighted by atomic mass is 16.5. The van der Waals surface area contributed by atoms with Crippen LogP contribution in [0.5, 0.6) is 0 Å². The molecular formula is C19H22N4O4. The van der Waals surface area contributed by atoms with Crippen molar-refractivity contribution in [2.75, 3.05) is 38.2 Å². The van der Waals surface area contributed by atoms with Crippen molar-refractivity contribution in [2.45, 2.75) is 19.1 Å². The molecule has 2 amide bonds. The largest absolute Gasteiger partial charge is 0.378 e. The molecule has 27 heavy (non-hydrogen) atoms. The van der Waals surface area contributed by atoms with Gasteiger partial charge in [-0.2, -0.15) is 5.10 Å². The Hall–Kier alpha value is -2.71. The first-order valence-electron chi connectivity index (χ1n) is 9.09. The van der Waals surface area contributed by atoms with Crippen molar-refractivity contribution < 1.29 is 19.1 Å². The van der Waals surface area contributed by atoms with E-state index in [0.717, 1.165) is 17.5 Å². The summed E-state index contributed by atoms with van der Waals surface area (Å²) in [4.78, 5) is 26.7. The fraction of sp³-hybridized carbons (Fsp3) is 0.421. The molecule has 1 atom stereocenters. The number of morpholine rings is 1. The summed E-state index contributed by atoms with van der Waals surface area (Å²) < 4.78 is 12.5. The van der Waals surface area contributed by atoms with Crippen LogP contribution >= 0.6 is 0 Å². The average Bonchev–Trinajstić information content (AvgIpc) is 3.14. The van der Waals surface area contributed by atoms with E-state index in [-0.39, 0.29) is 18.4 Å². The summed E-state index contributed by atoms with van der Waals surface area (Å²) in [5.74, 6) is -0.245. The van der Waals surface area contributed by atoms with Crippen LogP contribution < -0.4 is 5.32 Å². The molecule has 0 spiro atoms. The first kappa shape index (κ1) is 17.7. The Labute approximate surface area is 157 Å². The monoisotopic (exact) mass is 370 g/mol. The van der Waals surface area contributed by atoms with Crippen LogP contribution in [0.4, 0.5) is 5.69 Å². The van der Waals surface area contributed by atoms with Gasteiger partial charge in [-0.15, -0.1) is 0 Å². The van der Waals surface area contributed by atoms with Crippen molar-refractivity contribution in [3.63, 3.8) is 0 Å². The zero-order chi connectivity index (χ0) is 18.6. The van der Waals surface area contributed by atoms with Gasteiger partial charge >= 0.3 is 0 Å². The molecule has 2 aliphatic rings. The van der Waals surface area contributed by atoms with Gasteiger partial charge in [-0.3, -0.25) is 14.3 Å². The number of ether oxygens (including phenoxy) is 2. The number of fused-ring (bicyclic) bond motifs is 1. The first-order chi connectivity index (χ1) is 13.2. The summed E-state index contributed by atoms with van der Waals surface area (Å²) in [6, 6.07) is 7.81. The number of nitrogens with zero attached hydrogens (tertiary/aromatic N) is 3. The lowest BCUT2D eigenvalue weighted by Crippen LogP contribution is -2.42. The average molecular weight is 370 g/mol. The molecule has 1 saturated heterocycles. The van der Waals surface area contributed by atoms with Crippen LogP contribution in [0.25, 0.3) is 0 Å². The number of hydrogen-bond donors (Lipinski definition) is 1. The third kappa shape index (κ3) is 4.01. The minimum Gasteiger partial charge on any atom is -0.378 e. The van der Waals surface area contributed by atoms with Crippen LogP contribution in [0.2, 0.25) is 0 Å². The van der Waals surface area contributed by atoms with Crippen LogP contribution in [0, 0.1) is 0 Å². The fourth-order valence-electron chi connectivity index (χ4n) is 3.38. The predicted octanol–water partition coefficient (Wildman–Crippen LogP) is 0.994. The SMILES string of the molecule is O=C(Nc1cnn(CC(=O)N2CCOCC2)c1)C1OCCc2ccccc21. The fourth-order valence-corrected chi connectivity index (χ4v) is 3.38. The molecule has 1 aromatic carbocycles. The molecule has 0 saturated carbocycles. The van der Waals surface area contributed by atoms with Crippen molar-refractivity contribution in [3.8, 4) is 0 Å². The standard InChI is InChI=1S/C19H22N4O4/c24-17(22-6-9-26-10-7-22)13-23-12-15(11-20-23)21-19(25)18-16-4-2-1-3-14(16)5-8-27-18/h1-4,11-12,18H,5-10,13H2,(H,21,25). The topological polar surface area (TPSA) is 85.7 Å². The number of rotatable bonds is 4. The lowest BCUT2D eigenvalue weighted by molar-refractivity contribution is -0.136. The van der Waals surface area contributed by atoms with Gasteiger partial charge in [0.05, 0.1) is 31.7 Å². The van der Waals surface area contributed by atoms with Crippen LogP contribution in [0.1, 0.15) is 17.2 Å². The van der Waals surface area contributed by atoms with Crippen molar-refractivity contribution in [2.24, 2.45) is 0 Å². The zero-order valence-corrected chi connectivity index (χ0v) is 15.0. The van der Waals surface area contributed by atoms with Crippen molar-refractivity contribution in [1.29, 1.82) is 0 Å².